The van der Waals surface area contributed by atoms with Crippen molar-refractivity contribution in [2.75, 3.05) is 18.1 Å². The second kappa shape index (κ2) is 11.1. The molecular weight excluding hydrogens is 532 g/mol. The summed E-state index contributed by atoms with van der Waals surface area (Å²) in [6, 6.07) is 9.63. The van der Waals surface area contributed by atoms with Crippen LogP contribution in [0.5, 0.6) is 0 Å². The molecule has 1 aliphatic heterocycles. The molecule has 0 aromatic heterocycles. The molecule has 2 aromatic rings. The Balaban J connectivity index is 2.49. The molecule has 3 rings (SSSR count). The van der Waals surface area contributed by atoms with Gasteiger partial charge in [-0.2, -0.15) is 31.6 Å². The van der Waals surface area contributed by atoms with Gasteiger partial charge in [-0.25, -0.2) is 9.59 Å². The number of ether oxygens (including phenoxy) is 2. The Hall–Kier alpha value is -4.47. The predicted octanol–water partition coefficient (Wildman–Crippen LogP) is 5.29. The molecule has 2 aromatic carbocycles. The van der Waals surface area contributed by atoms with Gasteiger partial charge in [-0.15, -0.1) is 0 Å². The monoisotopic (exact) mass is 553 g/mol. The van der Waals surface area contributed by atoms with E-state index in [1.165, 1.54) is 38.1 Å². The van der Waals surface area contributed by atoms with Gasteiger partial charge in [-0.3, -0.25) is 4.90 Å². The van der Waals surface area contributed by atoms with Crippen LogP contribution in [0.15, 0.2) is 71.2 Å². The summed E-state index contributed by atoms with van der Waals surface area (Å²) in [5.41, 5.74) is 0.758. The molecule has 0 saturated carbocycles. The van der Waals surface area contributed by atoms with Crippen LogP contribution in [0.1, 0.15) is 36.5 Å². The van der Waals surface area contributed by atoms with Crippen LogP contribution in [0.25, 0.3) is 0 Å². The van der Waals surface area contributed by atoms with E-state index in [1.807, 2.05) is 6.07 Å². The highest BCUT2D eigenvalue weighted by atomic mass is 19.4. The average Bonchev–Trinajstić information content (AvgIpc) is 2.87. The highest BCUT2D eigenvalue weighted by molar-refractivity contribution is 6.02. The number of nitrogens with two attached hydrogens (primary N) is 1. The van der Waals surface area contributed by atoms with E-state index in [0.29, 0.717) is 12.1 Å². The molecule has 0 radical (unpaired) electrons. The molecular formula is C26H21F6N3O4. The number of nitrogens with zero attached hydrogens (tertiary/aromatic N) is 2. The zero-order valence-corrected chi connectivity index (χ0v) is 20.5. The molecule has 1 heterocycles. The van der Waals surface area contributed by atoms with E-state index in [9.17, 15) is 35.9 Å². The van der Waals surface area contributed by atoms with Crippen LogP contribution in [0.3, 0.4) is 0 Å². The first-order chi connectivity index (χ1) is 18.3. The fourth-order valence-corrected chi connectivity index (χ4v) is 4.10. The molecule has 0 fully saturated rings. The van der Waals surface area contributed by atoms with Gasteiger partial charge in [0.2, 0.25) is 0 Å². The maximum Gasteiger partial charge on any atom is 0.432 e. The molecule has 0 saturated heterocycles. The third kappa shape index (κ3) is 5.84. The quantitative estimate of drug-likeness (QED) is 0.383. The molecule has 1 aliphatic rings. The molecule has 39 heavy (non-hydrogen) atoms. The van der Waals surface area contributed by atoms with Crippen LogP contribution in [0.2, 0.25) is 0 Å². The number of rotatable bonds is 6. The SMILES string of the molecule is CCOC(=O)C1=C(N)N(c2cccc(C(F)(F)F)c2)C(C(F)(F)F)=C(C(=O)OCC)C1c1ccc(C#N)cc1. The Morgan fingerprint density at radius 1 is 0.923 bits per heavy atom. The van der Waals surface area contributed by atoms with E-state index in [1.54, 1.807) is 0 Å². The van der Waals surface area contributed by atoms with Crippen LogP contribution in [0, 0.1) is 11.3 Å². The first-order valence-electron chi connectivity index (χ1n) is 11.4. The number of hydrogen-bond donors (Lipinski definition) is 1. The van der Waals surface area contributed by atoms with Crippen molar-refractivity contribution in [1.82, 2.24) is 0 Å². The highest BCUT2D eigenvalue weighted by Crippen LogP contribution is 2.48. The van der Waals surface area contributed by atoms with Crippen molar-refractivity contribution in [2.24, 2.45) is 5.73 Å². The van der Waals surface area contributed by atoms with Crippen LogP contribution < -0.4 is 10.6 Å². The van der Waals surface area contributed by atoms with Gasteiger partial charge in [-0.1, -0.05) is 18.2 Å². The van der Waals surface area contributed by atoms with Gasteiger partial charge in [0.1, 0.15) is 11.5 Å². The Bertz CT molecular complexity index is 1370. The Morgan fingerprint density at radius 3 is 1.97 bits per heavy atom. The number of allylic oxidation sites excluding steroid dienone is 1. The minimum atomic E-state index is -5.37. The van der Waals surface area contributed by atoms with Crippen molar-refractivity contribution in [1.29, 1.82) is 5.26 Å². The minimum absolute atomic E-state index is 0.0477. The summed E-state index contributed by atoms with van der Waals surface area (Å²) in [5.74, 6) is -5.38. The lowest BCUT2D eigenvalue weighted by atomic mass is 9.80. The Kier molecular flexibility index (Phi) is 8.28. The maximum atomic E-state index is 14.8. The van der Waals surface area contributed by atoms with E-state index in [4.69, 9.17) is 20.5 Å². The molecule has 0 spiro atoms. The van der Waals surface area contributed by atoms with Crippen molar-refractivity contribution in [3.05, 3.63) is 87.9 Å². The first-order valence-corrected chi connectivity index (χ1v) is 11.4. The van der Waals surface area contributed by atoms with E-state index >= 15 is 0 Å². The summed E-state index contributed by atoms with van der Waals surface area (Å²) in [7, 11) is 0. The summed E-state index contributed by atoms with van der Waals surface area (Å²) in [6.45, 7) is 2.17. The van der Waals surface area contributed by atoms with Crippen molar-refractivity contribution >= 4 is 17.6 Å². The summed E-state index contributed by atoms with van der Waals surface area (Å²) in [4.78, 5) is 26.4. The number of anilines is 1. The van der Waals surface area contributed by atoms with E-state index in [2.05, 4.69) is 0 Å². The number of carbonyl (C=O) groups excluding carboxylic acids is 2. The Morgan fingerprint density at radius 2 is 1.49 bits per heavy atom. The van der Waals surface area contributed by atoms with Crippen LogP contribution in [0.4, 0.5) is 32.0 Å². The second-order valence-corrected chi connectivity index (χ2v) is 8.05. The Labute approximate surface area is 218 Å². The third-order valence-electron chi connectivity index (χ3n) is 5.64. The standard InChI is InChI=1S/C26H21F6N3O4/c1-3-38-23(36)19-18(15-10-8-14(13-33)9-11-15)20(24(37)39-4-2)22(34)35(21(19)26(30,31)32)17-7-5-6-16(12-17)25(27,28)29/h5-12,18H,3-4,34H2,1-2H3. The summed E-state index contributed by atoms with van der Waals surface area (Å²) in [5, 5.41) is 9.12. The molecule has 7 nitrogen and oxygen atoms in total. The van der Waals surface area contributed by atoms with Gasteiger partial charge in [0.15, 0.2) is 0 Å². The van der Waals surface area contributed by atoms with Gasteiger partial charge < -0.3 is 15.2 Å². The zero-order chi connectivity index (χ0) is 29.1. The van der Waals surface area contributed by atoms with Gasteiger partial charge in [-0.05, 0) is 49.7 Å². The summed E-state index contributed by atoms with van der Waals surface area (Å²) >= 11 is 0. The molecule has 206 valence electrons. The number of hydrogen-bond acceptors (Lipinski definition) is 7. The number of alkyl halides is 6. The molecule has 2 N–H and O–H groups in total. The fraction of sp³-hybridized carbons (Fsp3) is 0.269. The third-order valence-corrected chi connectivity index (χ3v) is 5.64. The predicted molar refractivity (Wildman–Crippen MR) is 125 cm³/mol. The average molecular weight is 553 g/mol. The van der Waals surface area contributed by atoms with E-state index in [0.717, 1.165) is 12.1 Å². The van der Waals surface area contributed by atoms with Crippen molar-refractivity contribution in [3.63, 3.8) is 0 Å². The molecule has 0 aliphatic carbocycles. The van der Waals surface area contributed by atoms with Gasteiger partial charge in [0.25, 0.3) is 0 Å². The van der Waals surface area contributed by atoms with Gasteiger partial charge in [0, 0.05) is 5.69 Å². The van der Waals surface area contributed by atoms with E-state index < -0.39 is 64.1 Å². The smallest absolute Gasteiger partial charge is 0.432 e. The van der Waals surface area contributed by atoms with E-state index in [-0.39, 0.29) is 29.2 Å². The highest BCUT2D eigenvalue weighted by Gasteiger charge is 2.52. The number of nitriles is 1. The normalized spacial score (nSPS) is 16.2. The lowest BCUT2D eigenvalue weighted by Crippen LogP contribution is -2.44. The van der Waals surface area contributed by atoms with Gasteiger partial charge in [0.05, 0.1) is 47.5 Å². The van der Waals surface area contributed by atoms with Crippen molar-refractivity contribution in [3.8, 4) is 6.07 Å². The lowest BCUT2D eigenvalue weighted by Gasteiger charge is -2.39. The number of esters is 2. The minimum Gasteiger partial charge on any atom is -0.463 e. The van der Waals surface area contributed by atoms with Crippen molar-refractivity contribution in [2.45, 2.75) is 32.1 Å². The molecule has 0 amide bonds. The maximum absolute atomic E-state index is 14.8. The number of halogens is 6. The lowest BCUT2D eigenvalue weighted by molar-refractivity contribution is -0.141. The molecule has 0 bridgehead atoms. The second-order valence-electron chi connectivity index (χ2n) is 8.05. The van der Waals surface area contributed by atoms with Gasteiger partial charge >= 0.3 is 24.3 Å². The fourth-order valence-electron chi connectivity index (χ4n) is 4.10. The summed E-state index contributed by atoms with van der Waals surface area (Å²) in [6.07, 6.45) is -10.3. The van der Waals surface area contributed by atoms with Crippen LogP contribution in [-0.2, 0) is 25.2 Å². The largest absolute Gasteiger partial charge is 0.463 e. The van der Waals surface area contributed by atoms with Crippen LogP contribution >= 0.6 is 0 Å². The summed E-state index contributed by atoms with van der Waals surface area (Å²) < 4.78 is 94.6. The zero-order valence-electron chi connectivity index (χ0n) is 20.5. The van der Waals surface area contributed by atoms with Crippen molar-refractivity contribution < 1.29 is 45.4 Å². The molecule has 1 unspecified atom stereocenters. The number of carbonyl (C=O) groups is 2. The first kappa shape index (κ1) is 29.1. The topological polar surface area (TPSA) is 106 Å². The number of benzene rings is 2. The van der Waals surface area contributed by atoms with Crippen LogP contribution in [-0.4, -0.2) is 31.3 Å². The molecule has 13 heteroatoms. The molecule has 1 atom stereocenters.